The first-order valence-corrected chi connectivity index (χ1v) is 11.5. The maximum absolute atomic E-state index is 13.5. The van der Waals surface area contributed by atoms with Crippen molar-refractivity contribution in [3.8, 4) is 28.3 Å². The summed E-state index contributed by atoms with van der Waals surface area (Å²) >= 11 is 0. The average Bonchev–Trinajstić information content (AvgIpc) is 3.44. The molecule has 0 aliphatic heterocycles. The fraction of sp³-hybridized carbons (Fsp3) is 0.154. The molecular formula is C26H22N6O5. The van der Waals surface area contributed by atoms with Gasteiger partial charge in [0.25, 0.3) is 11.2 Å². The van der Waals surface area contributed by atoms with Crippen LogP contribution in [-0.4, -0.2) is 42.9 Å². The quantitative estimate of drug-likeness (QED) is 0.183. The number of aliphatic hydroxyl groups is 1. The summed E-state index contributed by atoms with van der Waals surface area (Å²) in [7, 11) is 0. The van der Waals surface area contributed by atoms with Crippen molar-refractivity contribution >= 4 is 22.3 Å². The van der Waals surface area contributed by atoms with E-state index in [1.165, 1.54) is 18.5 Å². The van der Waals surface area contributed by atoms with Gasteiger partial charge in [0.2, 0.25) is 0 Å². The van der Waals surface area contributed by atoms with Crippen LogP contribution in [0.5, 0.6) is 0 Å². The molecule has 0 saturated carbocycles. The summed E-state index contributed by atoms with van der Waals surface area (Å²) in [6.45, 7) is 2.37. The van der Waals surface area contributed by atoms with Crippen LogP contribution in [0, 0.1) is 17.0 Å². The SMILES string of the molecule is Cc1cc(-c2cnco2)cc(-c2nn(-c3cc(NCCCO)ccc3[N+](=O)[O-])c(=O)c3cccnc23)c1. The van der Waals surface area contributed by atoms with Gasteiger partial charge in [-0.05, 0) is 61.4 Å². The van der Waals surface area contributed by atoms with Crippen LogP contribution in [-0.2, 0) is 0 Å². The van der Waals surface area contributed by atoms with E-state index in [1.807, 2.05) is 25.1 Å². The Labute approximate surface area is 210 Å². The third-order valence-corrected chi connectivity index (χ3v) is 5.79. The second-order valence-electron chi connectivity index (χ2n) is 8.38. The van der Waals surface area contributed by atoms with Crippen molar-refractivity contribution in [3.05, 3.63) is 93.3 Å². The molecule has 0 unspecified atom stereocenters. The third kappa shape index (κ3) is 4.67. The lowest BCUT2D eigenvalue weighted by Gasteiger charge is -2.13. The summed E-state index contributed by atoms with van der Waals surface area (Å²) < 4.78 is 6.51. The van der Waals surface area contributed by atoms with Gasteiger partial charge in [0.05, 0.1) is 16.5 Å². The van der Waals surface area contributed by atoms with Crippen molar-refractivity contribution in [2.45, 2.75) is 13.3 Å². The molecule has 0 radical (unpaired) electrons. The van der Waals surface area contributed by atoms with Gasteiger partial charge in [0.15, 0.2) is 12.2 Å². The monoisotopic (exact) mass is 498 g/mol. The molecule has 11 heteroatoms. The maximum atomic E-state index is 13.5. The predicted octanol–water partition coefficient (Wildman–Crippen LogP) is 4.11. The summed E-state index contributed by atoms with van der Waals surface area (Å²) in [6.07, 6.45) is 5.01. The summed E-state index contributed by atoms with van der Waals surface area (Å²) in [5, 5.41) is 28.9. The van der Waals surface area contributed by atoms with Gasteiger partial charge in [0.1, 0.15) is 16.9 Å². The highest BCUT2D eigenvalue weighted by atomic mass is 16.6. The maximum Gasteiger partial charge on any atom is 0.295 e. The van der Waals surface area contributed by atoms with Crippen molar-refractivity contribution < 1.29 is 14.4 Å². The minimum atomic E-state index is -0.553. The molecule has 3 aromatic heterocycles. The summed E-state index contributed by atoms with van der Waals surface area (Å²) in [5.74, 6) is 0.563. The molecule has 0 aliphatic carbocycles. The molecule has 0 atom stereocenters. The normalized spacial score (nSPS) is 11.1. The van der Waals surface area contributed by atoms with E-state index in [-0.39, 0.29) is 23.4 Å². The Hall–Kier alpha value is -4.90. The second kappa shape index (κ2) is 9.99. The Kier molecular flexibility index (Phi) is 6.43. The molecule has 11 nitrogen and oxygen atoms in total. The third-order valence-electron chi connectivity index (χ3n) is 5.79. The molecule has 2 aromatic carbocycles. The van der Waals surface area contributed by atoms with E-state index < -0.39 is 10.5 Å². The van der Waals surface area contributed by atoms with Crippen LogP contribution < -0.4 is 10.9 Å². The lowest BCUT2D eigenvalue weighted by Crippen LogP contribution is -2.23. The van der Waals surface area contributed by atoms with Gasteiger partial charge in [-0.1, -0.05) is 0 Å². The molecule has 5 rings (SSSR count). The molecule has 2 N–H and O–H groups in total. The second-order valence-corrected chi connectivity index (χ2v) is 8.38. The van der Waals surface area contributed by atoms with Crippen LogP contribution in [0.25, 0.3) is 39.2 Å². The number of aryl methyl sites for hydroxylation is 1. The first kappa shape index (κ1) is 23.8. The lowest BCUT2D eigenvalue weighted by atomic mass is 10.0. The van der Waals surface area contributed by atoms with Crippen LogP contribution in [0.2, 0.25) is 0 Å². The Balaban J connectivity index is 1.76. The van der Waals surface area contributed by atoms with Gasteiger partial charge >= 0.3 is 0 Å². The highest BCUT2D eigenvalue weighted by molar-refractivity contribution is 5.91. The summed E-state index contributed by atoms with van der Waals surface area (Å²) in [6, 6.07) is 13.3. The molecule has 0 amide bonds. The largest absolute Gasteiger partial charge is 0.444 e. The zero-order chi connectivity index (χ0) is 25.9. The number of hydrogen-bond acceptors (Lipinski definition) is 9. The number of benzene rings is 2. The molecule has 5 aromatic rings. The number of anilines is 1. The molecular weight excluding hydrogens is 476 g/mol. The van der Waals surface area contributed by atoms with E-state index in [2.05, 4.69) is 20.4 Å². The molecule has 186 valence electrons. The molecule has 0 spiro atoms. The molecule has 0 bridgehead atoms. The van der Waals surface area contributed by atoms with Gasteiger partial charge in [-0.3, -0.25) is 19.9 Å². The lowest BCUT2D eigenvalue weighted by molar-refractivity contribution is -0.384. The van der Waals surface area contributed by atoms with E-state index in [0.29, 0.717) is 41.2 Å². The van der Waals surface area contributed by atoms with Gasteiger partial charge in [-0.15, -0.1) is 0 Å². The number of nitrogens with zero attached hydrogens (tertiary/aromatic N) is 5. The van der Waals surface area contributed by atoms with Crippen molar-refractivity contribution in [3.63, 3.8) is 0 Å². The topological polar surface area (TPSA) is 149 Å². The zero-order valence-electron chi connectivity index (χ0n) is 19.8. The van der Waals surface area contributed by atoms with E-state index in [4.69, 9.17) is 9.52 Å². The number of aromatic nitrogens is 4. The minimum absolute atomic E-state index is 0.00142. The Morgan fingerprint density at radius 1 is 1.16 bits per heavy atom. The van der Waals surface area contributed by atoms with Crippen molar-refractivity contribution in [2.24, 2.45) is 0 Å². The van der Waals surface area contributed by atoms with Crippen LogP contribution in [0.4, 0.5) is 11.4 Å². The van der Waals surface area contributed by atoms with Crippen LogP contribution in [0.3, 0.4) is 0 Å². The number of nitrogens with one attached hydrogen (secondary N) is 1. The number of nitro benzene ring substituents is 1. The number of hydrogen-bond donors (Lipinski definition) is 2. The Morgan fingerprint density at radius 3 is 2.76 bits per heavy atom. The van der Waals surface area contributed by atoms with Crippen molar-refractivity contribution in [1.82, 2.24) is 19.7 Å². The van der Waals surface area contributed by atoms with Crippen LogP contribution in [0.15, 0.2) is 76.5 Å². The molecule has 0 saturated heterocycles. The number of pyridine rings is 1. The number of rotatable bonds is 8. The molecule has 3 heterocycles. The van der Waals surface area contributed by atoms with Crippen LogP contribution >= 0.6 is 0 Å². The van der Waals surface area contributed by atoms with Gasteiger partial charge in [-0.25, -0.2) is 4.98 Å². The van der Waals surface area contributed by atoms with Gasteiger partial charge < -0.3 is 14.8 Å². The number of nitro groups is 1. The molecule has 0 aliphatic rings. The average molecular weight is 498 g/mol. The van der Waals surface area contributed by atoms with Crippen molar-refractivity contribution in [2.75, 3.05) is 18.5 Å². The highest BCUT2D eigenvalue weighted by Crippen LogP contribution is 2.31. The van der Waals surface area contributed by atoms with Crippen LogP contribution in [0.1, 0.15) is 12.0 Å². The van der Waals surface area contributed by atoms with Gasteiger partial charge in [0, 0.05) is 42.2 Å². The Morgan fingerprint density at radius 2 is 2.00 bits per heavy atom. The van der Waals surface area contributed by atoms with E-state index in [1.54, 1.807) is 30.6 Å². The zero-order valence-corrected chi connectivity index (χ0v) is 19.8. The first-order chi connectivity index (χ1) is 18.0. The van der Waals surface area contributed by atoms with E-state index >= 15 is 0 Å². The first-order valence-electron chi connectivity index (χ1n) is 11.5. The smallest absolute Gasteiger partial charge is 0.295 e. The van der Waals surface area contributed by atoms with Gasteiger partial charge in [-0.2, -0.15) is 9.78 Å². The predicted molar refractivity (Wildman–Crippen MR) is 138 cm³/mol. The molecule has 0 fully saturated rings. The number of fused-ring (bicyclic) bond motifs is 1. The van der Waals surface area contributed by atoms with E-state index in [0.717, 1.165) is 15.8 Å². The highest BCUT2D eigenvalue weighted by Gasteiger charge is 2.22. The summed E-state index contributed by atoms with van der Waals surface area (Å²) in [4.78, 5) is 33.3. The molecule has 37 heavy (non-hydrogen) atoms. The van der Waals surface area contributed by atoms with E-state index in [9.17, 15) is 14.9 Å². The van der Waals surface area contributed by atoms with Crippen molar-refractivity contribution in [1.29, 1.82) is 0 Å². The Bertz CT molecular complexity index is 1660. The standard InChI is InChI=1S/C26H22N6O5/c1-16-10-17(23-14-27-15-37-23)12-18(11-16)24-25-20(4-2-7-29-25)26(34)31(30-24)22-13-19(28-8-3-9-33)5-6-21(22)32(35)36/h2,4-7,10-15,28,33H,3,8-9H2,1H3. The fourth-order valence-corrected chi connectivity index (χ4v) is 4.12. The summed E-state index contributed by atoms with van der Waals surface area (Å²) in [5.41, 5.74) is 2.84. The number of aliphatic hydroxyl groups excluding tert-OH is 1. The fourth-order valence-electron chi connectivity index (χ4n) is 4.12. The number of oxazole rings is 1. The minimum Gasteiger partial charge on any atom is -0.444 e.